The lowest BCUT2D eigenvalue weighted by molar-refractivity contribution is 0.0324. The number of hydrogen-bond acceptors (Lipinski definition) is 2. The molecule has 26 heavy (non-hydrogen) atoms. The predicted octanol–water partition coefficient (Wildman–Crippen LogP) is 5.81. The molecule has 1 heterocycles. The van der Waals surface area contributed by atoms with Crippen LogP contribution in [-0.2, 0) is 15.7 Å². The Morgan fingerprint density at radius 1 is 0.808 bits per heavy atom. The fourth-order valence-corrected chi connectivity index (χ4v) is 5.58. The Bertz CT molecular complexity index is 516. The summed E-state index contributed by atoms with van der Waals surface area (Å²) < 4.78 is 13.1. The van der Waals surface area contributed by atoms with Crippen molar-refractivity contribution in [3.8, 4) is 0 Å². The van der Waals surface area contributed by atoms with E-state index in [2.05, 4.69) is 24.3 Å². The first-order chi connectivity index (χ1) is 12.8. The number of rotatable bonds is 5. The van der Waals surface area contributed by atoms with Crippen molar-refractivity contribution in [2.24, 2.45) is 11.8 Å². The van der Waals surface area contributed by atoms with E-state index in [-0.39, 0.29) is 24.6 Å². The molecular formula is C22H32BClO2. The van der Waals surface area contributed by atoms with Crippen molar-refractivity contribution in [2.75, 3.05) is 0 Å². The number of alkyl halides is 1. The Hall–Kier alpha value is -0.505. The molecule has 0 bridgehead atoms. The van der Waals surface area contributed by atoms with Crippen molar-refractivity contribution in [3.63, 3.8) is 0 Å². The second-order valence-electron chi connectivity index (χ2n) is 8.57. The molecule has 2 aliphatic carbocycles. The second kappa shape index (κ2) is 9.12. The zero-order chi connectivity index (χ0) is 17.8. The monoisotopic (exact) mass is 374 g/mol. The van der Waals surface area contributed by atoms with Gasteiger partial charge in [0.1, 0.15) is 0 Å². The minimum absolute atomic E-state index is 0.114. The van der Waals surface area contributed by atoms with E-state index in [1.807, 2.05) is 6.07 Å². The van der Waals surface area contributed by atoms with Gasteiger partial charge in [0, 0.05) is 0 Å². The Balaban J connectivity index is 1.44. The van der Waals surface area contributed by atoms with Crippen LogP contribution in [0.2, 0.25) is 0 Å². The molecule has 2 saturated carbocycles. The van der Waals surface area contributed by atoms with Gasteiger partial charge in [-0.3, -0.25) is 0 Å². The van der Waals surface area contributed by atoms with Gasteiger partial charge in [0.25, 0.3) is 0 Å². The molecule has 1 saturated heterocycles. The van der Waals surface area contributed by atoms with E-state index >= 15 is 0 Å². The lowest BCUT2D eigenvalue weighted by atomic mass is 9.77. The van der Waals surface area contributed by atoms with Crippen LogP contribution >= 0.6 is 11.6 Å². The highest BCUT2D eigenvalue weighted by Crippen LogP contribution is 2.41. The van der Waals surface area contributed by atoms with Crippen molar-refractivity contribution in [2.45, 2.75) is 88.1 Å². The molecule has 2 nitrogen and oxygen atoms in total. The van der Waals surface area contributed by atoms with Crippen molar-refractivity contribution in [1.29, 1.82) is 0 Å². The molecule has 0 unspecified atom stereocenters. The average Bonchev–Trinajstić information content (AvgIpc) is 3.16. The quantitative estimate of drug-likeness (QED) is 0.478. The Kier molecular flexibility index (Phi) is 6.61. The summed E-state index contributed by atoms with van der Waals surface area (Å²) in [5.41, 5.74) is 1.26. The van der Waals surface area contributed by atoms with Crippen LogP contribution in [0.15, 0.2) is 30.3 Å². The van der Waals surface area contributed by atoms with Crippen LogP contribution in [0.25, 0.3) is 0 Å². The summed E-state index contributed by atoms with van der Waals surface area (Å²) in [6.07, 6.45) is 14.7. The van der Waals surface area contributed by atoms with E-state index in [1.54, 1.807) is 0 Å². The molecule has 4 rings (SSSR count). The van der Waals surface area contributed by atoms with Crippen molar-refractivity contribution < 1.29 is 9.31 Å². The van der Waals surface area contributed by atoms with Crippen molar-refractivity contribution in [1.82, 2.24) is 0 Å². The van der Waals surface area contributed by atoms with Gasteiger partial charge in [-0.1, -0.05) is 68.9 Å². The lowest BCUT2D eigenvalue weighted by Gasteiger charge is -2.35. The van der Waals surface area contributed by atoms with E-state index < -0.39 is 0 Å². The summed E-state index contributed by atoms with van der Waals surface area (Å²) in [6.45, 7) is 0. The normalized spacial score (nSPS) is 29.8. The van der Waals surface area contributed by atoms with Gasteiger partial charge in [0.15, 0.2) is 0 Å². The van der Waals surface area contributed by atoms with Gasteiger partial charge in [0.05, 0.1) is 17.5 Å². The lowest BCUT2D eigenvalue weighted by Crippen LogP contribution is -2.38. The molecule has 3 atom stereocenters. The van der Waals surface area contributed by atoms with Crippen molar-refractivity contribution >= 4 is 18.7 Å². The fourth-order valence-electron chi connectivity index (χ4n) is 5.29. The van der Waals surface area contributed by atoms with Gasteiger partial charge in [-0.25, -0.2) is 0 Å². The molecule has 0 radical (unpaired) electrons. The van der Waals surface area contributed by atoms with E-state index in [4.69, 9.17) is 20.9 Å². The van der Waals surface area contributed by atoms with Gasteiger partial charge in [-0.15, -0.1) is 11.6 Å². The van der Waals surface area contributed by atoms with Crippen LogP contribution in [0.1, 0.15) is 69.8 Å². The maximum Gasteiger partial charge on any atom is 0.476 e. The third kappa shape index (κ3) is 4.48. The largest absolute Gasteiger partial charge is 0.476 e. The van der Waals surface area contributed by atoms with E-state index in [0.29, 0.717) is 11.8 Å². The maximum absolute atomic E-state index is 6.78. The molecule has 0 spiro atoms. The highest BCUT2D eigenvalue weighted by molar-refractivity contribution is 6.59. The molecule has 3 fully saturated rings. The summed E-state index contributed by atoms with van der Waals surface area (Å²) in [6, 6.07) is 10.5. The number of halogens is 1. The highest BCUT2D eigenvalue weighted by atomic mass is 35.5. The van der Waals surface area contributed by atoms with Crippen LogP contribution in [-0.4, -0.2) is 24.6 Å². The highest BCUT2D eigenvalue weighted by Gasteiger charge is 2.49. The SMILES string of the molecule is Cl[C@@H](Cc1ccccc1)B1O[C@H](C2CCCCC2)[C@@H](C2CCCCC2)O1. The first-order valence-corrected chi connectivity index (χ1v) is 11.2. The standard InChI is InChI=1S/C22H32BClO2/c24-20(16-17-10-4-1-5-11-17)23-25-21(18-12-6-2-7-13-18)22(26-23)19-14-8-3-9-15-19/h1,4-5,10-11,18-22H,2-3,6-9,12-16H2/t20-,21+,22+/m0/s1. The van der Waals surface area contributed by atoms with Gasteiger partial charge in [-0.2, -0.15) is 0 Å². The maximum atomic E-state index is 6.78. The molecule has 1 aromatic rings. The predicted molar refractivity (Wildman–Crippen MR) is 108 cm³/mol. The molecule has 0 amide bonds. The zero-order valence-corrected chi connectivity index (χ0v) is 16.6. The number of hydrogen-bond donors (Lipinski definition) is 0. The molecule has 4 heteroatoms. The molecule has 1 aliphatic heterocycles. The van der Waals surface area contributed by atoms with Crippen LogP contribution in [0.5, 0.6) is 0 Å². The Labute approximate surface area is 164 Å². The van der Waals surface area contributed by atoms with Gasteiger partial charge in [-0.05, 0) is 49.5 Å². The van der Waals surface area contributed by atoms with E-state index in [1.165, 1.54) is 69.8 Å². The molecule has 1 aromatic carbocycles. The first kappa shape index (κ1) is 18.8. The smallest absolute Gasteiger partial charge is 0.404 e. The third-order valence-electron chi connectivity index (χ3n) is 6.70. The number of benzene rings is 1. The third-order valence-corrected chi connectivity index (χ3v) is 7.06. The van der Waals surface area contributed by atoms with Crippen LogP contribution in [0.3, 0.4) is 0 Å². The zero-order valence-electron chi connectivity index (χ0n) is 15.8. The summed E-state index contributed by atoms with van der Waals surface area (Å²) in [5, 5.41) is -0.114. The van der Waals surface area contributed by atoms with Gasteiger partial charge >= 0.3 is 7.12 Å². The minimum Gasteiger partial charge on any atom is -0.404 e. The molecule has 0 aromatic heterocycles. The molecular weight excluding hydrogens is 343 g/mol. The molecule has 3 aliphatic rings. The topological polar surface area (TPSA) is 18.5 Å². The summed E-state index contributed by atoms with van der Waals surface area (Å²) >= 11 is 6.78. The fraction of sp³-hybridized carbons (Fsp3) is 0.727. The minimum atomic E-state index is -0.254. The Morgan fingerprint density at radius 2 is 1.31 bits per heavy atom. The first-order valence-electron chi connectivity index (χ1n) is 10.8. The molecule has 142 valence electrons. The molecule has 0 N–H and O–H groups in total. The summed E-state index contributed by atoms with van der Waals surface area (Å²) in [7, 11) is -0.254. The average molecular weight is 375 g/mol. The van der Waals surface area contributed by atoms with Crippen LogP contribution in [0.4, 0.5) is 0 Å². The summed E-state index contributed by atoms with van der Waals surface area (Å²) in [4.78, 5) is 0. The van der Waals surface area contributed by atoms with Crippen molar-refractivity contribution in [3.05, 3.63) is 35.9 Å². The van der Waals surface area contributed by atoms with E-state index in [9.17, 15) is 0 Å². The van der Waals surface area contributed by atoms with Crippen LogP contribution < -0.4 is 0 Å². The Morgan fingerprint density at radius 3 is 1.81 bits per heavy atom. The summed E-state index contributed by atoms with van der Waals surface area (Å²) in [5.74, 6) is 1.34. The second-order valence-corrected chi connectivity index (χ2v) is 9.13. The van der Waals surface area contributed by atoms with Gasteiger partial charge in [0.2, 0.25) is 0 Å². The van der Waals surface area contributed by atoms with Crippen LogP contribution in [0, 0.1) is 11.8 Å². The van der Waals surface area contributed by atoms with Gasteiger partial charge < -0.3 is 9.31 Å². The van der Waals surface area contributed by atoms with E-state index in [0.717, 1.165) is 6.42 Å².